The highest BCUT2D eigenvalue weighted by Crippen LogP contribution is 2.22. The molecule has 3 aromatic rings. The number of halogens is 1. The predicted molar refractivity (Wildman–Crippen MR) is 117 cm³/mol. The standard InChI is InChI=1S/C25H21FN2/c1-3-21(10-13-27-2)24-16-20(17-25(26)18-24)5-4-19-6-8-22(9-7-19)23-11-14-28-15-12-23/h3-18H,2H2,1H3/b5-4+,13-10-,21-3+. The van der Waals surface area contributed by atoms with Crippen molar-refractivity contribution < 1.29 is 4.39 Å². The molecule has 2 nitrogen and oxygen atoms in total. The van der Waals surface area contributed by atoms with Gasteiger partial charge < -0.3 is 0 Å². The Hall–Kier alpha value is -3.59. The van der Waals surface area contributed by atoms with Crippen LogP contribution in [-0.2, 0) is 0 Å². The van der Waals surface area contributed by atoms with Gasteiger partial charge in [-0.3, -0.25) is 9.98 Å². The monoisotopic (exact) mass is 368 g/mol. The SMILES string of the molecule is C=N/C=C\C(=C/C)c1cc(F)cc(/C=C/c2ccc(-c3ccncc3)cc2)c1. The third-order valence-electron chi connectivity index (χ3n) is 4.32. The summed E-state index contributed by atoms with van der Waals surface area (Å²) in [6, 6.07) is 17.2. The molecule has 0 aliphatic carbocycles. The number of aliphatic imine (C=N–C) groups is 1. The minimum absolute atomic E-state index is 0.274. The van der Waals surface area contributed by atoms with Gasteiger partial charge in [-0.25, -0.2) is 4.39 Å². The summed E-state index contributed by atoms with van der Waals surface area (Å²) < 4.78 is 14.1. The Balaban J connectivity index is 1.82. The molecule has 0 bridgehead atoms. The van der Waals surface area contributed by atoms with Gasteiger partial charge in [0.05, 0.1) is 0 Å². The van der Waals surface area contributed by atoms with E-state index in [-0.39, 0.29) is 5.82 Å². The highest BCUT2D eigenvalue weighted by atomic mass is 19.1. The van der Waals surface area contributed by atoms with Crippen LogP contribution >= 0.6 is 0 Å². The molecule has 0 unspecified atom stereocenters. The minimum Gasteiger partial charge on any atom is -0.272 e. The lowest BCUT2D eigenvalue weighted by molar-refractivity contribution is 0.627. The van der Waals surface area contributed by atoms with Gasteiger partial charge in [0.1, 0.15) is 5.82 Å². The van der Waals surface area contributed by atoms with Crippen LogP contribution in [0.4, 0.5) is 4.39 Å². The summed E-state index contributed by atoms with van der Waals surface area (Å²) in [5.74, 6) is -0.274. The van der Waals surface area contributed by atoms with Crippen LogP contribution in [0.1, 0.15) is 23.6 Å². The van der Waals surface area contributed by atoms with Crippen LogP contribution < -0.4 is 0 Å². The van der Waals surface area contributed by atoms with E-state index in [9.17, 15) is 4.39 Å². The van der Waals surface area contributed by atoms with E-state index in [0.717, 1.165) is 33.4 Å². The Morgan fingerprint density at radius 1 is 0.929 bits per heavy atom. The van der Waals surface area contributed by atoms with Gasteiger partial charge in [0.25, 0.3) is 0 Å². The molecule has 1 heterocycles. The summed E-state index contributed by atoms with van der Waals surface area (Å²) in [6.07, 6.45) is 12.8. The Bertz CT molecular complexity index is 1030. The zero-order valence-corrected chi connectivity index (χ0v) is 15.7. The van der Waals surface area contributed by atoms with Crippen molar-refractivity contribution in [1.82, 2.24) is 4.98 Å². The number of pyridine rings is 1. The molecular weight excluding hydrogens is 347 g/mol. The lowest BCUT2D eigenvalue weighted by atomic mass is 10.0. The van der Waals surface area contributed by atoms with Gasteiger partial charge in [0, 0.05) is 18.6 Å². The average Bonchev–Trinajstić information content (AvgIpc) is 2.73. The molecule has 138 valence electrons. The normalized spacial score (nSPS) is 12.0. The second kappa shape index (κ2) is 9.38. The fraction of sp³-hybridized carbons (Fsp3) is 0.0400. The van der Waals surface area contributed by atoms with Crippen molar-refractivity contribution in [3.8, 4) is 11.1 Å². The molecule has 0 fully saturated rings. The van der Waals surface area contributed by atoms with E-state index in [1.165, 1.54) is 12.1 Å². The molecule has 0 saturated carbocycles. The molecule has 1 aromatic heterocycles. The van der Waals surface area contributed by atoms with E-state index in [2.05, 4.69) is 28.8 Å². The molecule has 0 radical (unpaired) electrons. The number of rotatable bonds is 6. The average molecular weight is 368 g/mol. The molecular formula is C25H21FN2. The van der Waals surface area contributed by atoms with Crippen LogP contribution in [0.25, 0.3) is 28.9 Å². The molecule has 0 aliphatic heterocycles. The number of benzene rings is 2. The van der Waals surface area contributed by atoms with Gasteiger partial charge in [-0.15, -0.1) is 0 Å². The third-order valence-corrected chi connectivity index (χ3v) is 4.32. The highest BCUT2D eigenvalue weighted by Gasteiger charge is 2.02. The highest BCUT2D eigenvalue weighted by molar-refractivity contribution is 5.78. The first-order valence-corrected chi connectivity index (χ1v) is 8.98. The van der Waals surface area contributed by atoms with E-state index in [0.29, 0.717) is 0 Å². The Morgan fingerprint density at radius 2 is 1.61 bits per heavy atom. The maximum absolute atomic E-state index is 14.1. The molecule has 0 aliphatic rings. The fourth-order valence-electron chi connectivity index (χ4n) is 2.89. The van der Waals surface area contributed by atoms with E-state index in [1.807, 2.05) is 61.6 Å². The first-order valence-electron chi connectivity index (χ1n) is 8.98. The number of nitrogens with zero attached hydrogens (tertiary/aromatic N) is 2. The van der Waals surface area contributed by atoms with Crippen LogP contribution in [0.5, 0.6) is 0 Å². The van der Waals surface area contributed by atoms with Gasteiger partial charge in [0.15, 0.2) is 0 Å². The van der Waals surface area contributed by atoms with E-state index < -0.39 is 0 Å². The van der Waals surface area contributed by atoms with Gasteiger partial charge in [0.2, 0.25) is 0 Å². The Kier molecular flexibility index (Phi) is 6.42. The van der Waals surface area contributed by atoms with Crippen LogP contribution in [0.3, 0.4) is 0 Å². The molecule has 28 heavy (non-hydrogen) atoms. The molecule has 0 amide bonds. The van der Waals surface area contributed by atoms with Crippen LogP contribution in [0.2, 0.25) is 0 Å². The van der Waals surface area contributed by atoms with Gasteiger partial charge in [-0.05, 0) is 83.4 Å². The maximum atomic E-state index is 14.1. The number of hydrogen-bond acceptors (Lipinski definition) is 2. The predicted octanol–water partition coefficient (Wildman–Crippen LogP) is 6.68. The van der Waals surface area contributed by atoms with Crippen LogP contribution in [0.15, 0.2) is 90.3 Å². The van der Waals surface area contributed by atoms with Crippen molar-refractivity contribution in [2.75, 3.05) is 0 Å². The van der Waals surface area contributed by atoms with Crippen molar-refractivity contribution in [2.45, 2.75) is 6.92 Å². The summed E-state index contributed by atoms with van der Waals surface area (Å²) in [7, 11) is 0. The molecule has 0 N–H and O–H groups in total. The van der Waals surface area contributed by atoms with Crippen molar-refractivity contribution >= 4 is 24.4 Å². The number of hydrogen-bond donors (Lipinski definition) is 0. The molecule has 0 spiro atoms. The molecule has 3 rings (SSSR count). The second-order valence-electron chi connectivity index (χ2n) is 6.21. The van der Waals surface area contributed by atoms with Crippen molar-refractivity contribution in [3.63, 3.8) is 0 Å². The van der Waals surface area contributed by atoms with Gasteiger partial charge in [-0.1, -0.05) is 42.5 Å². The Labute approximate surface area is 165 Å². The van der Waals surface area contributed by atoms with Crippen molar-refractivity contribution in [2.24, 2.45) is 4.99 Å². The minimum atomic E-state index is -0.274. The third kappa shape index (κ3) is 4.98. The second-order valence-corrected chi connectivity index (χ2v) is 6.21. The van der Waals surface area contributed by atoms with Crippen LogP contribution in [-0.4, -0.2) is 11.7 Å². The Morgan fingerprint density at radius 3 is 2.29 bits per heavy atom. The summed E-state index contributed by atoms with van der Waals surface area (Å²) in [5.41, 5.74) is 5.80. The van der Waals surface area contributed by atoms with E-state index >= 15 is 0 Å². The topological polar surface area (TPSA) is 25.2 Å². The lowest BCUT2D eigenvalue weighted by Gasteiger charge is -2.05. The van der Waals surface area contributed by atoms with Crippen LogP contribution in [0, 0.1) is 5.82 Å². The van der Waals surface area contributed by atoms with Gasteiger partial charge in [-0.2, -0.15) is 0 Å². The smallest absolute Gasteiger partial charge is 0.124 e. The summed E-state index contributed by atoms with van der Waals surface area (Å²) in [4.78, 5) is 7.76. The number of aromatic nitrogens is 1. The van der Waals surface area contributed by atoms with Crippen molar-refractivity contribution in [1.29, 1.82) is 0 Å². The zero-order valence-electron chi connectivity index (χ0n) is 15.7. The summed E-state index contributed by atoms with van der Waals surface area (Å²) >= 11 is 0. The molecule has 3 heteroatoms. The largest absolute Gasteiger partial charge is 0.272 e. The van der Waals surface area contributed by atoms with E-state index in [4.69, 9.17) is 0 Å². The summed E-state index contributed by atoms with van der Waals surface area (Å²) in [5, 5.41) is 0. The molecule has 0 atom stereocenters. The first kappa shape index (κ1) is 19.2. The van der Waals surface area contributed by atoms with E-state index in [1.54, 1.807) is 18.6 Å². The zero-order chi connectivity index (χ0) is 19.8. The maximum Gasteiger partial charge on any atom is 0.124 e. The quantitative estimate of drug-likeness (QED) is 0.271. The lowest BCUT2D eigenvalue weighted by Crippen LogP contribution is -1.86. The fourth-order valence-corrected chi connectivity index (χ4v) is 2.89. The first-order chi connectivity index (χ1) is 13.7. The number of allylic oxidation sites excluding steroid dienone is 3. The molecule has 2 aromatic carbocycles. The molecule has 0 saturated heterocycles. The van der Waals surface area contributed by atoms with Crippen molar-refractivity contribution in [3.05, 3.63) is 108 Å². The van der Waals surface area contributed by atoms with Gasteiger partial charge >= 0.3 is 0 Å². The summed E-state index contributed by atoms with van der Waals surface area (Å²) in [6.45, 7) is 5.34.